The highest BCUT2D eigenvalue weighted by molar-refractivity contribution is 6.31. The highest BCUT2D eigenvalue weighted by Gasteiger charge is 2.17. The molecule has 3 nitrogen and oxygen atoms in total. The number of nitrogens with one attached hydrogen (secondary N) is 1. The standard InChI is InChI=1S/C12H17ClN2O/c1-7(2)11(14)12(16)15-9-5-4-8(3)10(13)6-9/h4-7,11H,14H2,1-3H3,(H,15,16)/t11-/m1/s1. The van der Waals surface area contributed by atoms with E-state index in [1.807, 2.05) is 32.9 Å². The van der Waals surface area contributed by atoms with Crippen LogP contribution in [0.4, 0.5) is 5.69 Å². The zero-order valence-corrected chi connectivity index (χ0v) is 10.5. The number of hydrogen-bond donors (Lipinski definition) is 2. The van der Waals surface area contributed by atoms with Crippen LogP contribution in [-0.4, -0.2) is 11.9 Å². The van der Waals surface area contributed by atoms with Crippen molar-refractivity contribution in [3.05, 3.63) is 28.8 Å². The molecular formula is C12H17ClN2O. The summed E-state index contributed by atoms with van der Waals surface area (Å²) in [6, 6.07) is 4.90. The van der Waals surface area contributed by atoms with Crippen molar-refractivity contribution in [2.24, 2.45) is 11.7 Å². The van der Waals surface area contributed by atoms with Gasteiger partial charge in [-0.15, -0.1) is 0 Å². The normalized spacial score (nSPS) is 12.6. The van der Waals surface area contributed by atoms with E-state index in [-0.39, 0.29) is 11.8 Å². The van der Waals surface area contributed by atoms with Crippen LogP contribution in [0.2, 0.25) is 5.02 Å². The largest absolute Gasteiger partial charge is 0.325 e. The highest BCUT2D eigenvalue weighted by atomic mass is 35.5. The van der Waals surface area contributed by atoms with Gasteiger partial charge >= 0.3 is 0 Å². The predicted molar refractivity (Wildman–Crippen MR) is 67.6 cm³/mol. The van der Waals surface area contributed by atoms with Gasteiger partial charge in [-0.05, 0) is 30.5 Å². The lowest BCUT2D eigenvalue weighted by atomic mass is 10.0. The van der Waals surface area contributed by atoms with E-state index in [1.54, 1.807) is 6.07 Å². The molecule has 1 aromatic carbocycles. The second-order valence-electron chi connectivity index (χ2n) is 4.22. The number of carbonyl (C=O) groups excluding carboxylic acids is 1. The molecule has 0 heterocycles. The first-order valence-electron chi connectivity index (χ1n) is 5.24. The van der Waals surface area contributed by atoms with Crippen LogP contribution in [0.25, 0.3) is 0 Å². The van der Waals surface area contributed by atoms with Crippen LogP contribution in [0.5, 0.6) is 0 Å². The molecule has 0 aliphatic rings. The number of rotatable bonds is 3. The molecule has 0 saturated heterocycles. The Morgan fingerprint density at radius 1 is 1.44 bits per heavy atom. The van der Waals surface area contributed by atoms with Crippen LogP contribution in [0, 0.1) is 12.8 Å². The van der Waals surface area contributed by atoms with E-state index >= 15 is 0 Å². The fourth-order valence-electron chi connectivity index (χ4n) is 1.20. The van der Waals surface area contributed by atoms with Gasteiger partial charge in [-0.3, -0.25) is 4.79 Å². The highest BCUT2D eigenvalue weighted by Crippen LogP contribution is 2.20. The minimum Gasteiger partial charge on any atom is -0.325 e. The Labute approximate surface area is 101 Å². The van der Waals surface area contributed by atoms with Crippen molar-refractivity contribution in [1.82, 2.24) is 0 Å². The average Bonchev–Trinajstić information content (AvgIpc) is 2.22. The van der Waals surface area contributed by atoms with Crippen molar-refractivity contribution in [3.8, 4) is 0 Å². The topological polar surface area (TPSA) is 55.1 Å². The Kier molecular flexibility index (Phi) is 4.33. The van der Waals surface area contributed by atoms with Crippen LogP contribution in [0.1, 0.15) is 19.4 Å². The Hall–Kier alpha value is -1.06. The van der Waals surface area contributed by atoms with Gasteiger partial charge in [-0.1, -0.05) is 31.5 Å². The van der Waals surface area contributed by atoms with Crippen LogP contribution in [0.15, 0.2) is 18.2 Å². The minimum absolute atomic E-state index is 0.112. The molecule has 1 amide bonds. The summed E-state index contributed by atoms with van der Waals surface area (Å²) in [6.07, 6.45) is 0. The molecular weight excluding hydrogens is 224 g/mol. The van der Waals surface area contributed by atoms with Gasteiger partial charge in [0.2, 0.25) is 5.91 Å². The molecule has 1 atom stereocenters. The molecule has 0 saturated carbocycles. The van der Waals surface area contributed by atoms with Gasteiger partial charge in [-0.2, -0.15) is 0 Å². The third kappa shape index (κ3) is 3.22. The van der Waals surface area contributed by atoms with Crippen molar-refractivity contribution in [2.75, 3.05) is 5.32 Å². The van der Waals surface area contributed by atoms with Gasteiger partial charge < -0.3 is 11.1 Å². The third-order valence-corrected chi connectivity index (χ3v) is 2.87. The summed E-state index contributed by atoms with van der Waals surface area (Å²) in [5.41, 5.74) is 7.39. The monoisotopic (exact) mass is 240 g/mol. The number of amides is 1. The molecule has 3 N–H and O–H groups in total. The fraction of sp³-hybridized carbons (Fsp3) is 0.417. The summed E-state index contributed by atoms with van der Waals surface area (Å²) in [4.78, 5) is 11.7. The number of halogens is 1. The molecule has 0 spiro atoms. The molecule has 88 valence electrons. The smallest absolute Gasteiger partial charge is 0.241 e. The summed E-state index contributed by atoms with van der Waals surface area (Å²) in [7, 11) is 0. The second kappa shape index (κ2) is 5.32. The Morgan fingerprint density at radius 3 is 2.56 bits per heavy atom. The maximum atomic E-state index is 11.7. The van der Waals surface area contributed by atoms with Crippen molar-refractivity contribution < 1.29 is 4.79 Å². The molecule has 0 aliphatic heterocycles. The SMILES string of the molecule is Cc1ccc(NC(=O)[C@H](N)C(C)C)cc1Cl. The quantitative estimate of drug-likeness (QED) is 0.853. The van der Waals surface area contributed by atoms with Crippen molar-refractivity contribution >= 4 is 23.2 Å². The first-order chi connectivity index (χ1) is 7.41. The molecule has 0 bridgehead atoms. The Morgan fingerprint density at radius 2 is 2.06 bits per heavy atom. The Bertz CT molecular complexity index is 391. The van der Waals surface area contributed by atoms with E-state index in [4.69, 9.17) is 17.3 Å². The summed E-state index contributed by atoms with van der Waals surface area (Å²) in [5, 5.41) is 3.38. The molecule has 1 aromatic rings. The van der Waals surface area contributed by atoms with Gasteiger partial charge in [0.25, 0.3) is 0 Å². The van der Waals surface area contributed by atoms with Crippen molar-refractivity contribution in [3.63, 3.8) is 0 Å². The van der Waals surface area contributed by atoms with Crippen LogP contribution in [0.3, 0.4) is 0 Å². The molecule has 0 aliphatic carbocycles. The van der Waals surface area contributed by atoms with Crippen LogP contribution < -0.4 is 11.1 Å². The van der Waals surface area contributed by atoms with Crippen LogP contribution in [-0.2, 0) is 4.79 Å². The van der Waals surface area contributed by atoms with Gasteiger partial charge in [0.15, 0.2) is 0 Å². The van der Waals surface area contributed by atoms with Crippen molar-refractivity contribution in [2.45, 2.75) is 26.8 Å². The van der Waals surface area contributed by atoms with E-state index in [9.17, 15) is 4.79 Å². The molecule has 1 rings (SSSR count). The van der Waals surface area contributed by atoms with Gasteiger partial charge in [0.05, 0.1) is 6.04 Å². The van der Waals surface area contributed by atoms with Gasteiger partial charge in [-0.25, -0.2) is 0 Å². The van der Waals surface area contributed by atoms with E-state index < -0.39 is 6.04 Å². The number of hydrogen-bond acceptors (Lipinski definition) is 2. The minimum atomic E-state index is -0.500. The zero-order chi connectivity index (χ0) is 12.3. The lowest BCUT2D eigenvalue weighted by Crippen LogP contribution is -2.39. The van der Waals surface area contributed by atoms with Gasteiger partial charge in [0.1, 0.15) is 0 Å². The van der Waals surface area contributed by atoms with E-state index in [0.717, 1.165) is 5.56 Å². The first kappa shape index (κ1) is 13.0. The maximum Gasteiger partial charge on any atom is 0.241 e. The second-order valence-corrected chi connectivity index (χ2v) is 4.63. The maximum absolute atomic E-state index is 11.7. The lowest BCUT2D eigenvalue weighted by Gasteiger charge is -2.15. The lowest BCUT2D eigenvalue weighted by molar-refractivity contribution is -0.118. The number of carbonyl (C=O) groups is 1. The van der Waals surface area contributed by atoms with Crippen molar-refractivity contribution in [1.29, 1.82) is 0 Å². The molecule has 16 heavy (non-hydrogen) atoms. The first-order valence-corrected chi connectivity index (χ1v) is 5.62. The summed E-state index contributed by atoms with van der Waals surface area (Å²) < 4.78 is 0. The van der Waals surface area contributed by atoms with Crippen LogP contribution >= 0.6 is 11.6 Å². The molecule has 0 fully saturated rings. The van der Waals surface area contributed by atoms with E-state index in [0.29, 0.717) is 10.7 Å². The molecule has 0 radical (unpaired) electrons. The third-order valence-electron chi connectivity index (χ3n) is 2.46. The summed E-state index contributed by atoms with van der Waals surface area (Å²) in [6.45, 7) is 5.73. The number of aryl methyl sites for hydroxylation is 1. The summed E-state index contributed by atoms with van der Waals surface area (Å²) >= 11 is 5.96. The van der Waals surface area contributed by atoms with Gasteiger partial charge in [0, 0.05) is 10.7 Å². The fourth-order valence-corrected chi connectivity index (χ4v) is 1.38. The predicted octanol–water partition coefficient (Wildman–Crippen LogP) is 2.57. The number of benzene rings is 1. The summed E-state index contributed by atoms with van der Waals surface area (Å²) in [5.74, 6) is -0.0733. The van der Waals surface area contributed by atoms with E-state index in [2.05, 4.69) is 5.32 Å². The zero-order valence-electron chi connectivity index (χ0n) is 9.75. The number of anilines is 1. The number of nitrogens with two attached hydrogens (primary N) is 1. The molecule has 0 aromatic heterocycles. The Balaban J connectivity index is 2.74. The van der Waals surface area contributed by atoms with E-state index in [1.165, 1.54) is 0 Å². The molecule has 0 unspecified atom stereocenters. The molecule has 4 heteroatoms. The average molecular weight is 241 g/mol.